The van der Waals surface area contributed by atoms with Crippen LogP contribution in [0.3, 0.4) is 0 Å². The van der Waals surface area contributed by atoms with Gasteiger partial charge in [-0.05, 0) is 19.8 Å². The van der Waals surface area contributed by atoms with Gasteiger partial charge in [0.1, 0.15) is 11.1 Å². The number of nitrogens with zero attached hydrogens (tertiary/aromatic N) is 3. The maximum atomic E-state index is 11.9. The van der Waals surface area contributed by atoms with Crippen LogP contribution in [0.15, 0.2) is 17.1 Å². The maximum absolute atomic E-state index is 11.9. The average molecular weight is 350 g/mol. The Labute approximate surface area is 142 Å². The first kappa shape index (κ1) is 16.6. The highest BCUT2D eigenvalue weighted by Gasteiger charge is 2.22. The largest absolute Gasteiger partial charge is 0.478 e. The minimum Gasteiger partial charge on any atom is -0.478 e. The first-order chi connectivity index (χ1) is 11.5. The van der Waals surface area contributed by atoms with E-state index in [2.05, 4.69) is 15.5 Å². The van der Waals surface area contributed by atoms with Gasteiger partial charge in [-0.2, -0.15) is 0 Å². The number of amides is 1. The predicted molar refractivity (Wildman–Crippen MR) is 88.4 cm³/mol. The van der Waals surface area contributed by atoms with Gasteiger partial charge < -0.3 is 14.0 Å². The van der Waals surface area contributed by atoms with Crippen molar-refractivity contribution in [1.29, 1.82) is 0 Å². The van der Waals surface area contributed by atoms with Crippen LogP contribution in [0.5, 0.6) is 5.75 Å². The monoisotopic (exact) mass is 350 g/mol. The van der Waals surface area contributed by atoms with Crippen molar-refractivity contribution >= 4 is 22.4 Å². The standard InChI is InChI=1S/C15H18N4O4S/c1-9-6-10(20)12(7-19(9)2)23-8-13(21)16-15-18-17-14(24-15)11-4-3-5-22-11/h6-7,11H,3-5,8H2,1-2H3,(H,16,18,21)/t11-/m0/s1. The Hall–Kier alpha value is -2.26. The molecule has 0 unspecified atom stereocenters. The summed E-state index contributed by atoms with van der Waals surface area (Å²) >= 11 is 1.29. The molecule has 3 rings (SSSR count). The van der Waals surface area contributed by atoms with Gasteiger partial charge in [0.2, 0.25) is 10.6 Å². The molecule has 0 saturated carbocycles. The molecule has 1 atom stereocenters. The van der Waals surface area contributed by atoms with Gasteiger partial charge >= 0.3 is 0 Å². The van der Waals surface area contributed by atoms with Crippen LogP contribution >= 0.6 is 11.3 Å². The number of carbonyl (C=O) groups excluding carboxylic acids is 1. The molecule has 1 aliphatic heterocycles. The summed E-state index contributed by atoms with van der Waals surface area (Å²) in [6, 6.07) is 1.46. The summed E-state index contributed by atoms with van der Waals surface area (Å²) in [5, 5.41) is 11.7. The minimum atomic E-state index is -0.396. The van der Waals surface area contributed by atoms with Crippen molar-refractivity contribution in [3.8, 4) is 5.75 Å². The number of hydrogen-bond acceptors (Lipinski definition) is 7. The first-order valence-corrected chi connectivity index (χ1v) is 8.39. The molecular formula is C15H18N4O4S. The summed E-state index contributed by atoms with van der Waals surface area (Å²) < 4.78 is 12.6. The van der Waals surface area contributed by atoms with E-state index in [-0.39, 0.29) is 23.9 Å². The van der Waals surface area contributed by atoms with Crippen molar-refractivity contribution in [3.63, 3.8) is 0 Å². The molecule has 128 valence electrons. The van der Waals surface area contributed by atoms with E-state index in [1.165, 1.54) is 17.4 Å². The number of anilines is 1. The van der Waals surface area contributed by atoms with Gasteiger partial charge in [-0.15, -0.1) is 10.2 Å². The summed E-state index contributed by atoms with van der Waals surface area (Å²) in [7, 11) is 1.80. The van der Waals surface area contributed by atoms with Crippen molar-refractivity contribution in [2.45, 2.75) is 25.9 Å². The molecule has 8 nitrogen and oxygen atoms in total. The van der Waals surface area contributed by atoms with Gasteiger partial charge in [-0.1, -0.05) is 11.3 Å². The smallest absolute Gasteiger partial charge is 0.264 e. The third-order valence-electron chi connectivity index (χ3n) is 3.70. The van der Waals surface area contributed by atoms with Gasteiger partial charge in [-0.3, -0.25) is 14.9 Å². The Bertz CT molecular complexity index is 795. The molecule has 1 N–H and O–H groups in total. The number of nitrogens with one attached hydrogen (secondary N) is 1. The molecule has 1 fully saturated rings. The van der Waals surface area contributed by atoms with Crippen LogP contribution < -0.4 is 15.5 Å². The molecule has 1 saturated heterocycles. The van der Waals surface area contributed by atoms with Crippen LogP contribution in [0.2, 0.25) is 0 Å². The Kier molecular flexibility index (Phi) is 4.91. The highest BCUT2D eigenvalue weighted by molar-refractivity contribution is 7.15. The second-order valence-corrected chi connectivity index (χ2v) is 6.55. The molecule has 3 heterocycles. The molecule has 2 aromatic heterocycles. The third kappa shape index (κ3) is 3.80. The Morgan fingerprint density at radius 3 is 3.12 bits per heavy atom. The summed E-state index contributed by atoms with van der Waals surface area (Å²) in [5.74, 6) is -0.261. The highest BCUT2D eigenvalue weighted by Crippen LogP contribution is 2.31. The van der Waals surface area contributed by atoms with Crippen LogP contribution in [-0.2, 0) is 16.6 Å². The molecule has 2 aromatic rings. The lowest BCUT2D eigenvalue weighted by molar-refractivity contribution is -0.118. The van der Waals surface area contributed by atoms with Crippen LogP contribution in [0.4, 0.5) is 5.13 Å². The van der Waals surface area contributed by atoms with Crippen LogP contribution in [0.1, 0.15) is 29.6 Å². The normalized spacial score (nSPS) is 17.0. The highest BCUT2D eigenvalue weighted by atomic mass is 32.1. The molecule has 1 aliphatic rings. The fourth-order valence-corrected chi connectivity index (χ4v) is 3.14. The molecule has 0 bridgehead atoms. The quantitative estimate of drug-likeness (QED) is 0.876. The second-order valence-electron chi connectivity index (χ2n) is 5.54. The van der Waals surface area contributed by atoms with Gasteiger partial charge in [0, 0.05) is 31.6 Å². The Morgan fingerprint density at radius 1 is 1.54 bits per heavy atom. The van der Waals surface area contributed by atoms with E-state index in [0.29, 0.717) is 5.13 Å². The van der Waals surface area contributed by atoms with E-state index < -0.39 is 5.91 Å². The predicted octanol–water partition coefficient (Wildman–Crippen LogP) is 1.41. The number of ether oxygens (including phenoxy) is 2. The SMILES string of the molecule is Cc1cc(=O)c(OCC(=O)Nc2nnc([C@@H]3CCCO3)s2)cn1C. The molecule has 9 heteroatoms. The topological polar surface area (TPSA) is 95.3 Å². The number of carbonyl (C=O) groups is 1. The minimum absolute atomic E-state index is 0.0278. The van der Waals surface area contributed by atoms with E-state index in [0.717, 1.165) is 30.2 Å². The molecule has 0 radical (unpaired) electrons. The zero-order valence-electron chi connectivity index (χ0n) is 13.4. The van der Waals surface area contributed by atoms with Gasteiger partial charge in [0.15, 0.2) is 12.4 Å². The van der Waals surface area contributed by atoms with Crippen molar-refractivity contribution in [1.82, 2.24) is 14.8 Å². The number of aryl methyl sites for hydroxylation is 2. The lowest BCUT2D eigenvalue weighted by atomic mass is 10.2. The van der Waals surface area contributed by atoms with Crippen LogP contribution in [0, 0.1) is 6.92 Å². The maximum Gasteiger partial charge on any atom is 0.264 e. The molecule has 0 spiro atoms. The summed E-state index contributed by atoms with van der Waals surface area (Å²) in [6.07, 6.45) is 3.46. The Balaban J connectivity index is 1.56. The van der Waals surface area contributed by atoms with E-state index in [9.17, 15) is 9.59 Å². The third-order valence-corrected chi connectivity index (χ3v) is 4.63. The summed E-state index contributed by atoms with van der Waals surface area (Å²) in [5.41, 5.74) is 0.558. The molecule has 1 amide bonds. The fraction of sp³-hybridized carbons (Fsp3) is 0.467. The van der Waals surface area contributed by atoms with Gasteiger partial charge in [0.25, 0.3) is 5.91 Å². The number of aromatic nitrogens is 3. The van der Waals surface area contributed by atoms with E-state index in [1.807, 2.05) is 6.92 Å². The average Bonchev–Trinajstić information content (AvgIpc) is 3.20. The lowest BCUT2D eigenvalue weighted by Gasteiger charge is -2.08. The molecule has 24 heavy (non-hydrogen) atoms. The van der Waals surface area contributed by atoms with Gasteiger partial charge in [0.05, 0.1) is 0 Å². The summed E-state index contributed by atoms with van der Waals surface area (Å²) in [6.45, 7) is 2.28. The van der Waals surface area contributed by atoms with E-state index in [4.69, 9.17) is 9.47 Å². The zero-order valence-corrected chi connectivity index (χ0v) is 14.3. The van der Waals surface area contributed by atoms with Crippen molar-refractivity contribution in [2.75, 3.05) is 18.5 Å². The van der Waals surface area contributed by atoms with E-state index >= 15 is 0 Å². The lowest BCUT2D eigenvalue weighted by Crippen LogP contribution is -2.22. The Morgan fingerprint density at radius 2 is 2.38 bits per heavy atom. The van der Waals surface area contributed by atoms with Crippen molar-refractivity contribution in [3.05, 3.63) is 33.2 Å². The summed E-state index contributed by atoms with van der Waals surface area (Å²) in [4.78, 5) is 23.8. The molecular weight excluding hydrogens is 332 g/mol. The molecule has 0 aliphatic carbocycles. The van der Waals surface area contributed by atoms with E-state index in [1.54, 1.807) is 17.8 Å². The molecule has 0 aromatic carbocycles. The first-order valence-electron chi connectivity index (χ1n) is 7.58. The van der Waals surface area contributed by atoms with Crippen LogP contribution in [0.25, 0.3) is 0 Å². The van der Waals surface area contributed by atoms with Crippen molar-refractivity contribution in [2.24, 2.45) is 7.05 Å². The zero-order chi connectivity index (χ0) is 17.1. The van der Waals surface area contributed by atoms with Crippen molar-refractivity contribution < 1.29 is 14.3 Å². The van der Waals surface area contributed by atoms with Crippen LogP contribution in [-0.4, -0.2) is 33.9 Å². The fourth-order valence-electron chi connectivity index (χ4n) is 2.30. The van der Waals surface area contributed by atoms with Gasteiger partial charge in [-0.25, -0.2) is 0 Å². The number of hydrogen-bond donors (Lipinski definition) is 1. The number of pyridine rings is 1. The second kappa shape index (κ2) is 7.10. The number of rotatable bonds is 5.